The Hall–Kier alpha value is -3.31. The van der Waals surface area contributed by atoms with E-state index in [9.17, 15) is 9.00 Å². The first-order valence-corrected chi connectivity index (χ1v) is 15.8. The van der Waals surface area contributed by atoms with E-state index in [-0.39, 0.29) is 18.2 Å². The van der Waals surface area contributed by atoms with Crippen LogP contribution in [-0.4, -0.2) is 48.3 Å². The molecule has 0 saturated heterocycles. The predicted molar refractivity (Wildman–Crippen MR) is 162 cm³/mol. The molecule has 0 radical (unpaired) electrons. The monoisotopic (exact) mass is 582 g/mol. The summed E-state index contributed by atoms with van der Waals surface area (Å²) in [7, 11) is -2.79. The summed E-state index contributed by atoms with van der Waals surface area (Å²) >= 11 is 0. The van der Waals surface area contributed by atoms with E-state index in [1.807, 2.05) is 61.5 Å². The number of esters is 1. The molecule has 1 aliphatic rings. The molecule has 0 saturated carbocycles. The molecule has 0 spiro atoms. The lowest BCUT2D eigenvalue weighted by atomic mass is 9.79. The van der Waals surface area contributed by atoms with Crippen molar-refractivity contribution in [3.63, 3.8) is 0 Å². The Labute approximate surface area is 242 Å². The number of cyclic esters (lactones) is 1. The van der Waals surface area contributed by atoms with Gasteiger partial charge in [0, 0.05) is 45.8 Å². The lowest BCUT2D eigenvalue weighted by Crippen LogP contribution is -2.42. The van der Waals surface area contributed by atoms with E-state index < -0.39 is 25.4 Å². The number of pyridine rings is 3. The van der Waals surface area contributed by atoms with Gasteiger partial charge in [0.15, 0.2) is 0 Å². The maximum absolute atomic E-state index is 12.5. The summed E-state index contributed by atoms with van der Waals surface area (Å²) in [5, 5.41) is 4.82. The second kappa shape index (κ2) is 10.5. The molecule has 0 aromatic carbocycles. The Morgan fingerprint density at radius 2 is 1.88 bits per heavy atom. The van der Waals surface area contributed by atoms with Gasteiger partial charge in [-0.2, -0.15) is 0 Å². The summed E-state index contributed by atoms with van der Waals surface area (Å²) in [5.41, 5.74) is 7.56. The molecule has 3 aromatic rings. The van der Waals surface area contributed by atoms with Gasteiger partial charge in [-0.25, -0.2) is 24.0 Å². The molecule has 11 heteroatoms. The van der Waals surface area contributed by atoms with Crippen molar-refractivity contribution >= 4 is 38.1 Å². The summed E-state index contributed by atoms with van der Waals surface area (Å²) in [6.45, 7) is 15.4. The highest BCUT2D eigenvalue weighted by Crippen LogP contribution is 2.38. The van der Waals surface area contributed by atoms with E-state index in [2.05, 4.69) is 15.3 Å². The quantitative estimate of drug-likeness (QED) is 0.266. The number of nitrogens with zero attached hydrogens (tertiary/aromatic N) is 3. The van der Waals surface area contributed by atoms with Gasteiger partial charge in [0.1, 0.15) is 17.7 Å². The highest BCUT2D eigenvalue weighted by atomic mass is 32.2. The van der Waals surface area contributed by atoms with Gasteiger partial charge < -0.3 is 20.5 Å². The molecule has 0 fully saturated rings. The fourth-order valence-electron chi connectivity index (χ4n) is 4.88. The van der Waals surface area contributed by atoms with Crippen molar-refractivity contribution in [2.24, 2.45) is 5.73 Å². The summed E-state index contributed by atoms with van der Waals surface area (Å²) in [6, 6.07) is 5.37. The van der Waals surface area contributed by atoms with Crippen molar-refractivity contribution in [1.29, 1.82) is 4.78 Å². The van der Waals surface area contributed by atoms with Gasteiger partial charge in [0.25, 0.3) is 0 Å². The van der Waals surface area contributed by atoms with E-state index in [0.29, 0.717) is 47.0 Å². The van der Waals surface area contributed by atoms with Gasteiger partial charge in [0.2, 0.25) is 5.88 Å². The fourth-order valence-corrected chi connectivity index (χ4v) is 5.43. The molecule has 4 heterocycles. The third kappa shape index (κ3) is 5.88. The Morgan fingerprint density at radius 1 is 1.20 bits per heavy atom. The highest BCUT2D eigenvalue weighted by Gasteiger charge is 2.41. The molecule has 0 bridgehead atoms. The lowest BCUT2D eigenvalue weighted by Gasteiger charge is -2.36. The number of anilines is 2. The SMILES string of the molecule is CCC(C)(N)c1cnc(O[C@@H](C)CC(C)(C)[S@](C)(=N)=O)c2cnc(Nc3ccc4c(n3)C(C)(C)[C@H](C)OC4=O)cc12. The lowest BCUT2D eigenvalue weighted by molar-refractivity contribution is 0.00864. The third-order valence-corrected chi connectivity index (χ3v) is 10.8. The van der Waals surface area contributed by atoms with Crippen LogP contribution in [-0.2, 0) is 25.4 Å². The molecule has 1 unspecified atom stereocenters. The van der Waals surface area contributed by atoms with E-state index >= 15 is 0 Å². The zero-order valence-corrected chi connectivity index (χ0v) is 26.2. The highest BCUT2D eigenvalue weighted by molar-refractivity contribution is 7.93. The van der Waals surface area contributed by atoms with Gasteiger partial charge in [0.05, 0.1) is 27.5 Å². The minimum absolute atomic E-state index is 0.313. The van der Waals surface area contributed by atoms with Crippen molar-refractivity contribution in [3.05, 3.63) is 47.4 Å². The Kier molecular flexibility index (Phi) is 7.85. The normalized spacial score (nSPS) is 20.3. The molecule has 0 amide bonds. The average Bonchev–Trinajstić information content (AvgIpc) is 2.86. The topological polar surface area (TPSA) is 153 Å². The fraction of sp³-hybridized carbons (Fsp3) is 0.533. The Bertz CT molecular complexity index is 1600. The third-order valence-electron chi connectivity index (χ3n) is 8.51. The number of nitrogens with two attached hydrogens (primary N) is 1. The van der Waals surface area contributed by atoms with Gasteiger partial charge in [-0.05, 0) is 70.2 Å². The first-order chi connectivity index (χ1) is 18.9. The first-order valence-electron chi connectivity index (χ1n) is 13.8. The second-order valence-electron chi connectivity index (χ2n) is 12.6. The summed E-state index contributed by atoms with van der Waals surface area (Å²) < 4.78 is 31.5. The Balaban J connectivity index is 1.73. The van der Waals surface area contributed by atoms with Gasteiger partial charge in [-0.15, -0.1) is 0 Å². The van der Waals surface area contributed by atoms with Crippen LogP contribution in [0, 0.1) is 4.78 Å². The molecular formula is C30H42N6O4S. The maximum atomic E-state index is 12.5. The smallest absolute Gasteiger partial charge is 0.340 e. The first kappa shape index (κ1) is 30.6. The number of hydrogen-bond acceptors (Lipinski definition) is 10. The number of nitrogens with one attached hydrogen (secondary N) is 2. The molecule has 4 N–H and O–H groups in total. The van der Waals surface area contributed by atoms with Crippen LogP contribution in [0.15, 0.2) is 30.6 Å². The number of carbonyl (C=O) groups excluding carboxylic acids is 1. The van der Waals surface area contributed by atoms with Crippen LogP contribution in [0.2, 0.25) is 0 Å². The number of aromatic nitrogens is 3. The number of carbonyl (C=O) groups is 1. The standard InChI is InChI=1S/C30H42N6O4S/c1-10-30(8,31)22-16-34-26(39-17(2)14-28(4,5)41(9,32)38)21-15-33-24(13-20(21)22)35-23-12-11-19-25(36-23)29(6,7)18(3)40-27(19)37/h11-13,15-18,32H,10,14,31H2,1-9H3,(H,33,35,36)/t17-,18-,30?,41+/m0/s1. The number of fused-ring (bicyclic) bond motifs is 2. The predicted octanol–water partition coefficient (Wildman–Crippen LogP) is 5.80. The maximum Gasteiger partial charge on any atom is 0.340 e. The van der Waals surface area contributed by atoms with Crippen LogP contribution in [0.5, 0.6) is 5.88 Å². The molecule has 222 valence electrons. The van der Waals surface area contributed by atoms with Gasteiger partial charge in [-0.1, -0.05) is 20.8 Å². The summed E-state index contributed by atoms with van der Waals surface area (Å²) in [6.07, 6.45) is 5.34. The number of ether oxygens (including phenoxy) is 2. The molecule has 3 aromatic heterocycles. The number of rotatable bonds is 9. The van der Waals surface area contributed by atoms with Crippen LogP contribution in [0.25, 0.3) is 10.8 Å². The largest absolute Gasteiger partial charge is 0.474 e. The van der Waals surface area contributed by atoms with Crippen molar-refractivity contribution < 1.29 is 18.5 Å². The van der Waals surface area contributed by atoms with Crippen LogP contribution in [0.3, 0.4) is 0 Å². The van der Waals surface area contributed by atoms with Crippen LogP contribution >= 0.6 is 0 Å². The molecule has 10 nitrogen and oxygen atoms in total. The van der Waals surface area contributed by atoms with E-state index in [0.717, 1.165) is 10.9 Å². The van der Waals surface area contributed by atoms with Crippen molar-refractivity contribution in [1.82, 2.24) is 15.0 Å². The minimum atomic E-state index is -2.79. The molecule has 4 rings (SSSR count). The molecule has 4 atom stereocenters. The van der Waals surface area contributed by atoms with Crippen molar-refractivity contribution in [3.8, 4) is 5.88 Å². The van der Waals surface area contributed by atoms with Crippen molar-refractivity contribution in [2.75, 3.05) is 11.6 Å². The molecule has 0 aliphatic carbocycles. The van der Waals surface area contributed by atoms with Gasteiger partial charge >= 0.3 is 5.97 Å². The van der Waals surface area contributed by atoms with Gasteiger partial charge in [-0.3, -0.25) is 4.78 Å². The summed E-state index contributed by atoms with van der Waals surface area (Å²) in [5.74, 6) is 1.13. The zero-order chi connectivity index (χ0) is 30.5. The zero-order valence-electron chi connectivity index (χ0n) is 25.4. The average molecular weight is 583 g/mol. The van der Waals surface area contributed by atoms with Crippen LogP contribution < -0.4 is 15.8 Å². The van der Waals surface area contributed by atoms with E-state index in [1.54, 1.807) is 24.5 Å². The van der Waals surface area contributed by atoms with E-state index in [1.165, 1.54) is 6.26 Å². The van der Waals surface area contributed by atoms with E-state index in [4.69, 9.17) is 25.0 Å². The minimum Gasteiger partial charge on any atom is -0.474 e. The van der Waals surface area contributed by atoms with Crippen molar-refractivity contribution in [2.45, 2.75) is 96.1 Å². The van der Waals surface area contributed by atoms with Crippen LogP contribution in [0.1, 0.15) is 89.8 Å². The van der Waals surface area contributed by atoms with Crippen LogP contribution in [0.4, 0.5) is 11.6 Å². The molecule has 41 heavy (non-hydrogen) atoms. The molecule has 1 aliphatic heterocycles. The number of hydrogen-bond donors (Lipinski definition) is 3. The Morgan fingerprint density at radius 3 is 2.51 bits per heavy atom. The summed E-state index contributed by atoms with van der Waals surface area (Å²) in [4.78, 5) is 26.5. The molecular weight excluding hydrogens is 540 g/mol. The second-order valence-corrected chi connectivity index (χ2v) is 15.4.